The van der Waals surface area contributed by atoms with Gasteiger partial charge in [-0.15, -0.1) is 0 Å². The molecule has 0 aliphatic heterocycles. The molecule has 0 rings (SSSR count). The van der Waals surface area contributed by atoms with Crippen LogP contribution in [-0.2, 0) is 32.7 Å². The normalized spacial score (nSPS) is 13.7. The van der Waals surface area contributed by atoms with Crippen molar-refractivity contribution in [3.8, 4) is 0 Å². The van der Waals surface area contributed by atoms with Crippen LogP contribution in [0.5, 0.6) is 0 Å². The highest BCUT2D eigenvalue weighted by atomic mass is 31.2. The number of phosphoric acid groups is 1. The number of hydrogen-bond acceptors (Lipinski definition) is 7. The van der Waals surface area contributed by atoms with Gasteiger partial charge in [-0.05, 0) is 83.5 Å². The molecule has 0 saturated heterocycles. The van der Waals surface area contributed by atoms with Crippen molar-refractivity contribution in [2.45, 2.75) is 283 Å². The minimum atomic E-state index is -4.39. The highest BCUT2D eigenvalue weighted by molar-refractivity contribution is 7.47. The lowest BCUT2D eigenvalue weighted by Crippen LogP contribution is -2.37. The van der Waals surface area contributed by atoms with E-state index >= 15 is 0 Å². The average molecular weight is 1070 g/mol. The first kappa shape index (κ1) is 72.5. The molecule has 75 heavy (non-hydrogen) atoms. The lowest BCUT2D eigenvalue weighted by atomic mass is 10.0. The molecular formula is C65H119NO8P+. The number of carbonyl (C=O) groups excluding carboxylic acids is 2. The predicted octanol–water partition coefficient (Wildman–Crippen LogP) is 19.7. The van der Waals surface area contributed by atoms with Gasteiger partial charge in [0.1, 0.15) is 19.8 Å². The number of ether oxygens (including phenoxy) is 2. The van der Waals surface area contributed by atoms with E-state index in [9.17, 15) is 19.0 Å². The molecule has 1 N–H and O–H groups in total. The van der Waals surface area contributed by atoms with Crippen LogP contribution in [0.4, 0.5) is 0 Å². The molecule has 0 aliphatic rings. The number of carbonyl (C=O) groups is 2. The van der Waals surface area contributed by atoms with Crippen molar-refractivity contribution in [2.75, 3.05) is 47.5 Å². The quantitative estimate of drug-likeness (QED) is 0.0211. The lowest BCUT2D eigenvalue weighted by molar-refractivity contribution is -0.870. The Bertz CT molecular complexity index is 1500. The maximum atomic E-state index is 12.8. The van der Waals surface area contributed by atoms with E-state index in [4.69, 9.17) is 18.5 Å². The van der Waals surface area contributed by atoms with E-state index in [0.717, 1.165) is 83.5 Å². The number of unbranched alkanes of at least 4 members (excludes halogenated alkanes) is 31. The summed E-state index contributed by atoms with van der Waals surface area (Å²) in [5.74, 6) is -0.798. The molecule has 2 atom stereocenters. The molecule has 9 nitrogen and oxygen atoms in total. The van der Waals surface area contributed by atoms with Gasteiger partial charge in [-0.25, -0.2) is 4.57 Å². The van der Waals surface area contributed by atoms with Crippen LogP contribution in [0.1, 0.15) is 277 Å². The Morgan fingerprint density at radius 1 is 0.427 bits per heavy atom. The minimum Gasteiger partial charge on any atom is -0.462 e. The van der Waals surface area contributed by atoms with Crippen LogP contribution in [-0.4, -0.2) is 74.9 Å². The first-order valence-corrected chi connectivity index (χ1v) is 32.7. The van der Waals surface area contributed by atoms with Crippen molar-refractivity contribution in [1.82, 2.24) is 0 Å². The third-order valence-corrected chi connectivity index (χ3v) is 14.5. The number of esters is 2. The molecule has 10 heteroatoms. The second kappa shape index (κ2) is 56.2. The second-order valence-electron chi connectivity index (χ2n) is 22.1. The van der Waals surface area contributed by atoms with Crippen LogP contribution in [0.2, 0.25) is 0 Å². The van der Waals surface area contributed by atoms with Crippen molar-refractivity contribution in [3.63, 3.8) is 0 Å². The van der Waals surface area contributed by atoms with Crippen LogP contribution < -0.4 is 0 Å². The highest BCUT2D eigenvalue weighted by Gasteiger charge is 2.27. The van der Waals surface area contributed by atoms with Crippen LogP contribution >= 0.6 is 7.82 Å². The number of hydrogen-bond donors (Lipinski definition) is 1. The van der Waals surface area contributed by atoms with Gasteiger partial charge >= 0.3 is 19.8 Å². The molecule has 0 aromatic carbocycles. The number of quaternary nitrogens is 1. The Labute approximate surface area is 463 Å². The molecule has 0 aromatic heterocycles. The van der Waals surface area contributed by atoms with Crippen molar-refractivity contribution >= 4 is 19.8 Å². The number of phosphoric ester groups is 1. The standard InChI is InChI=1S/C65H118NO8P/c1-6-8-10-12-14-16-18-20-22-24-25-26-27-28-29-30-31-32-33-34-35-36-37-38-39-40-41-42-44-46-48-50-52-54-56-58-65(68)74-63(62-73-75(69,70)72-60-59-66(3,4)5)61-71-64(67)57-55-53-51-49-47-45-43-23-21-19-17-15-13-11-9-7-2/h8,10,14,16,20,22-23,25-26,28-29,43,63H,6-7,9,11-13,15,17-19,21,24,27,30-42,44-62H2,1-5H3/p+1/b10-8-,16-14-,22-20-,26-25-,29-28-,43-23-. The van der Waals surface area contributed by atoms with E-state index < -0.39 is 26.5 Å². The Morgan fingerprint density at radius 3 is 1.15 bits per heavy atom. The van der Waals surface area contributed by atoms with Crippen LogP contribution in [0.25, 0.3) is 0 Å². The van der Waals surface area contributed by atoms with Gasteiger partial charge in [0.25, 0.3) is 0 Å². The molecule has 0 radical (unpaired) electrons. The van der Waals surface area contributed by atoms with Gasteiger partial charge in [-0.1, -0.05) is 254 Å². The van der Waals surface area contributed by atoms with Gasteiger partial charge in [0, 0.05) is 12.8 Å². The first-order chi connectivity index (χ1) is 36.5. The SMILES string of the molecule is CC/C=C\C/C=C\C/C=C\C/C=C\C/C=C\CCCCCCCCCCCCCCCCCCCCCC(=O)OC(COC(=O)CCCCCCC/C=C\CCCCCCCCC)COP(=O)(O)OCC[N+](C)(C)C. The fraction of sp³-hybridized carbons (Fsp3) is 0.785. The van der Waals surface area contributed by atoms with Gasteiger partial charge in [-0.2, -0.15) is 0 Å². The topological polar surface area (TPSA) is 108 Å². The van der Waals surface area contributed by atoms with Crippen LogP contribution in [0.15, 0.2) is 72.9 Å². The Kier molecular flexibility index (Phi) is 54.3. The summed E-state index contributed by atoms with van der Waals surface area (Å²) in [5.41, 5.74) is 0. The Morgan fingerprint density at radius 2 is 0.760 bits per heavy atom. The summed E-state index contributed by atoms with van der Waals surface area (Å²) in [7, 11) is 1.48. The molecule has 0 amide bonds. The Balaban J connectivity index is 4.01. The lowest BCUT2D eigenvalue weighted by Gasteiger charge is -2.24. The van der Waals surface area contributed by atoms with Gasteiger partial charge in [0.2, 0.25) is 0 Å². The van der Waals surface area contributed by atoms with Crippen LogP contribution in [0, 0.1) is 0 Å². The number of likely N-dealkylation sites (N-methyl/N-ethyl adjacent to an activating group) is 1. The maximum Gasteiger partial charge on any atom is 0.472 e. The van der Waals surface area contributed by atoms with E-state index in [-0.39, 0.29) is 32.0 Å². The summed E-state index contributed by atoms with van der Waals surface area (Å²) < 4.78 is 34.6. The zero-order valence-corrected chi connectivity index (χ0v) is 50.4. The predicted molar refractivity (Wildman–Crippen MR) is 321 cm³/mol. The van der Waals surface area contributed by atoms with E-state index in [0.29, 0.717) is 17.4 Å². The molecule has 0 fully saturated rings. The molecule has 436 valence electrons. The van der Waals surface area contributed by atoms with Crippen molar-refractivity contribution in [1.29, 1.82) is 0 Å². The minimum absolute atomic E-state index is 0.0303. The van der Waals surface area contributed by atoms with Crippen molar-refractivity contribution < 1.29 is 42.1 Å². The number of rotatable bonds is 57. The zero-order chi connectivity index (χ0) is 54.9. The molecule has 2 unspecified atom stereocenters. The van der Waals surface area contributed by atoms with Crippen LogP contribution in [0.3, 0.4) is 0 Å². The second-order valence-corrected chi connectivity index (χ2v) is 23.5. The number of nitrogens with zero attached hydrogens (tertiary/aromatic N) is 1. The summed E-state index contributed by atoms with van der Waals surface area (Å²) in [4.78, 5) is 35.7. The van der Waals surface area contributed by atoms with Gasteiger partial charge < -0.3 is 18.9 Å². The summed E-state index contributed by atoms with van der Waals surface area (Å²) >= 11 is 0. The molecular weight excluding hydrogens is 954 g/mol. The third kappa shape index (κ3) is 60.5. The summed E-state index contributed by atoms with van der Waals surface area (Å²) in [6, 6.07) is 0. The van der Waals surface area contributed by atoms with Crippen molar-refractivity contribution in [3.05, 3.63) is 72.9 Å². The monoisotopic (exact) mass is 1070 g/mol. The summed E-state index contributed by atoms with van der Waals surface area (Å²) in [6.45, 7) is 4.33. The summed E-state index contributed by atoms with van der Waals surface area (Å²) in [6.07, 6.45) is 74.2. The molecule has 0 aromatic rings. The van der Waals surface area contributed by atoms with Gasteiger partial charge in [-0.3, -0.25) is 18.6 Å². The molecule has 0 spiro atoms. The Hall–Kier alpha value is -2.55. The van der Waals surface area contributed by atoms with E-state index in [2.05, 4.69) is 86.8 Å². The first-order valence-electron chi connectivity index (χ1n) is 31.2. The largest absolute Gasteiger partial charge is 0.472 e. The zero-order valence-electron chi connectivity index (χ0n) is 49.5. The third-order valence-electron chi connectivity index (χ3n) is 13.5. The number of allylic oxidation sites excluding steroid dienone is 12. The van der Waals surface area contributed by atoms with E-state index in [1.807, 2.05) is 21.1 Å². The van der Waals surface area contributed by atoms with Crippen molar-refractivity contribution in [2.24, 2.45) is 0 Å². The molecule has 0 bridgehead atoms. The highest BCUT2D eigenvalue weighted by Crippen LogP contribution is 2.43. The maximum absolute atomic E-state index is 12.8. The fourth-order valence-electron chi connectivity index (χ4n) is 8.69. The molecule has 0 heterocycles. The van der Waals surface area contributed by atoms with Gasteiger partial charge in [0.05, 0.1) is 27.7 Å². The van der Waals surface area contributed by atoms with Gasteiger partial charge in [0.15, 0.2) is 6.10 Å². The smallest absolute Gasteiger partial charge is 0.462 e. The molecule has 0 aliphatic carbocycles. The average Bonchev–Trinajstić information content (AvgIpc) is 3.37. The summed E-state index contributed by atoms with van der Waals surface area (Å²) in [5, 5.41) is 0. The van der Waals surface area contributed by atoms with E-state index in [1.54, 1.807) is 0 Å². The molecule has 0 saturated carbocycles. The van der Waals surface area contributed by atoms with E-state index in [1.165, 1.54) is 161 Å². The fourth-order valence-corrected chi connectivity index (χ4v) is 9.43.